The summed E-state index contributed by atoms with van der Waals surface area (Å²) in [5, 5.41) is 5.48. The maximum absolute atomic E-state index is 6.25. The van der Waals surface area contributed by atoms with E-state index < -0.39 is 0 Å². The number of hydrogen-bond donors (Lipinski definition) is 1. The Morgan fingerprint density at radius 2 is 1.88 bits per heavy atom. The van der Waals surface area contributed by atoms with Crippen LogP contribution in [0.15, 0.2) is 42.7 Å². The molecule has 138 valence electrons. The van der Waals surface area contributed by atoms with E-state index in [1.807, 2.05) is 38.1 Å². The van der Waals surface area contributed by atoms with Crippen molar-refractivity contribution in [2.75, 3.05) is 18.5 Å². The Balaban J connectivity index is 0.000000948. The van der Waals surface area contributed by atoms with Crippen LogP contribution in [0.4, 0.5) is 11.5 Å². The van der Waals surface area contributed by atoms with Gasteiger partial charge in [0.1, 0.15) is 5.82 Å². The molecule has 0 atom stereocenters. The second-order valence-electron chi connectivity index (χ2n) is 6.02. The van der Waals surface area contributed by atoms with E-state index in [1.54, 1.807) is 6.20 Å². The number of nitrogens with one attached hydrogen (secondary N) is 1. The minimum atomic E-state index is 0.575. The monoisotopic (exact) mass is 391 g/mol. The summed E-state index contributed by atoms with van der Waals surface area (Å²) >= 11 is 12.5. The molecule has 1 fully saturated rings. The van der Waals surface area contributed by atoms with Gasteiger partial charge in [-0.15, -0.1) is 0 Å². The van der Waals surface area contributed by atoms with E-state index in [1.165, 1.54) is 0 Å². The maximum atomic E-state index is 6.25. The highest BCUT2D eigenvalue weighted by atomic mass is 35.5. The van der Waals surface area contributed by atoms with Crippen molar-refractivity contribution < 1.29 is 4.74 Å². The molecule has 0 radical (unpaired) electrons. The highest BCUT2D eigenvalue weighted by molar-refractivity contribution is 6.39. The first-order valence-electron chi connectivity index (χ1n) is 8.95. The van der Waals surface area contributed by atoms with E-state index >= 15 is 0 Å². The summed E-state index contributed by atoms with van der Waals surface area (Å²) in [7, 11) is 0. The smallest absolute Gasteiger partial charge is 0.139 e. The van der Waals surface area contributed by atoms with Gasteiger partial charge in [-0.1, -0.05) is 43.1 Å². The zero-order valence-corrected chi connectivity index (χ0v) is 16.5. The third-order valence-electron chi connectivity index (χ3n) is 4.39. The van der Waals surface area contributed by atoms with Crippen molar-refractivity contribution in [3.63, 3.8) is 0 Å². The van der Waals surface area contributed by atoms with E-state index in [0.717, 1.165) is 42.9 Å². The predicted molar refractivity (Wildman–Crippen MR) is 110 cm³/mol. The Hall–Kier alpha value is -1.75. The van der Waals surface area contributed by atoms with Crippen molar-refractivity contribution in [1.82, 2.24) is 9.55 Å². The lowest BCUT2D eigenvalue weighted by Crippen LogP contribution is -2.28. The van der Waals surface area contributed by atoms with Gasteiger partial charge in [0.05, 0.1) is 34.5 Å². The second-order valence-corrected chi connectivity index (χ2v) is 6.83. The molecule has 3 aromatic rings. The average molecular weight is 392 g/mol. The van der Waals surface area contributed by atoms with Gasteiger partial charge in [-0.25, -0.2) is 4.98 Å². The third-order valence-corrected chi connectivity index (χ3v) is 5.02. The lowest BCUT2D eigenvalue weighted by atomic mass is 10.0. The fourth-order valence-corrected chi connectivity index (χ4v) is 3.42. The van der Waals surface area contributed by atoms with Gasteiger partial charge in [0.25, 0.3) is 0 Å². The highest BCUT2D eigenvalue weighted by Crippen LogP contribution is 2.34. The summed E-state index contributed by atoms with van der Waals surface area (Å²) in [6.45, 7) is 6.75. The van der Waals surface area contributed by atoms with E-state index in [4.69, 9.17) is 27.9 Å². The van der Waals surface area contributed by atoms with Crippen molar-refractivity contribution in [3.8, 4) is 0 Å². The summed E-state index contributed by atoms with van der Waals surface area (Å²) in [5.74, 6) is 1.44. The number of nitrogens with zero attached hydrogens (tertiary/aromatic N) is 2. The van der Waals surface area contributed by atoms with Gasteiger partial charge in [-0.3, -0.25) is 0 Å². The van der Waals surface area contributed by atoms with Crippen molar-refractivity contribution in [1.29, 1.82) is 0 Å². The summed E-state index contributed by atoms with van der Waals surface area (Å²) in [6, 6.07) is 9.55. The normalized spacial score (nSPS) is 13.8. The van der Waals surface area contributed by atoms with Crippen LogP contribution >= 0.6 is 23.2 Å². The molecule has 6 heteroatoms. The van der Waals surface area contributed by atoms with Gasteiger partial charge in [-0.05, 0) is 30.7 Å². The van der Waals surface area contributed by atoms with Crippen LogP contribution in [0.5, 0.6) is 0 Å². The fraction of sp³-hybridized carbons (Fsp3) is 0.350. The molecule has 26 heavy (non-hydrogen) atoms. The Labute approximate surface area is 164 Å². The van der Waals surface area contributed by atoms with Crippen LogP contribution in [0, 0.1) is 5.92 Å². The lowest BCUT2D eigenvalue weighted by Gasteiger charge is -2.26. The van der Waals surface area contributed by atoms with Gasteiger partial charge < -0.3 is 14.6 Å². The summed E-state index contributed by atoms with van der Waals surface area (Å²) in [5.41, 5.74) is 1.83. The van der Waals surface area contributed by atoms with Gasteiger partial charge in [0.2, 0.25) is 0 Å². The number of aromatic nitrogens is 2. The SMILES string of the molecule is CC.Clc1cccc(Cl)c1Nc1nccc2c1ccn2CCC1COC1. The van der Waals surface area contributed by atoms with Gasteiger partial charge in [-0.2, -0.15) is 0 Å². The minimum absolute atomic E-state index is 0.575. The molecule has 0 unspecified atom stereocenters. The van der Waals surface area contributed by atoms with Gasteiger partial charge in [0, 0.05) is 30.2 Å². The Bertz CT molecular complexity index is 854. The van der Waals surface area contributed by atoms with Crippen molar-refractivity contribution in [2.24, 2.45) is 5.92 Å². The number of benzene rings is 1. The molecule has 1 saturated heterocycles. The first kappa shape index (κ1) is 19.0. The molecule has 0 amide bonds. The first-order valence-corrected chi connectivity index (χ1v) is 9.70. The van der Waals surface area contributed by atoms with Crippen LogP contribution in [-0.4, -0.2) is 22.8 Å². The molecular formula is C20H23Cl2N3O. The van der Waals surface area contributed by atoms with Crippen molar-refractivity contribution >= 4 is 45.6 Å². The average Bonchev–Trinajstić information content (AvgIpc) is 3.03. The number of pyridine rings is 1. The molecule has 0 spiro atoms. The molecule has 0 aliphatic carbocycles. The third kappa shape index (κ3) is 3.98. The second kappa shape index (κ2) is 8.76. The summed E-state index contributed by atoms with van der Waals surface area (Å²) < 4.78 is 7.50. The molecule has 0 bridgehead atoms. The topological polar surface area (TPSA) is 39.1 Å². The molecule has 2 aromatic heterocycles. The Morgan fingerprint density at radius 3 is 2.54 bits per heavy atom. The van der Waals surface area contributed by atoms with Gasteiger partial charge in [0.15, 0.2) is 0 Å². The zero-order valence-electron chi connectivity index (χ0n) is 15.0. The summed E-state index contributed by atoms with van der Waals surface area (Å²) in [6.07, 6.45) is 5.04. The number of aryl methyl sites for hydroxylation is 1. The molecule has 4 rings (SSSR count). The van der Waals surface area contributed by atoms with Crippen LogP contribution in [0.3, 0.4) is 0 Å². The molecule has 1 N–H and O–H groups in total. The molecular weight excluding hydrogens is 369 g/mol. The zero-order chi connectivity index (χ0) is 18.5. The molecule has 3 heterocycles. The Morgan fingerprint density at radius 1 is 1.15 bits per heavy atom. The number of fused-ring (bicyclic) bond motifs is 1. The number of anilines is 2. The molecule has 1 aliphatic rings. The maximum Gasteiger partial charge on any atom is 0.139 e. The quantitative estimate of drug-likeness (QED) is 0.566. The van der Waals surface area contributed by atoms with E-state index in [0.29, 0.717) is 21.7 Å². The van der Waals surface area contributed by atoms with Crippen LogP contribution in [0.1, 0.15) is 20.3 Å². The van der Waals surface area contributed by atoms with Crippen LogP contribution < -0.4 is 5.32 Å². The standard InChI is InChI=1S/C18H17Cl2N3O.C2H6/c19-14-2-1-3-15(20)17(14)22-18-13-6-9-23(16(13)4-7-21-18)8-5-12-10-24-11-12;1-2/h1-4,6-7,9,12H,5,8,10-11H2,(H,21,22);1-2H3. The van der Waals surface area contributed by atoms with E-state index in [2.05, 4.69) is 27.1 Å². The van der Waals surface area contributed by atoms with Crippen LogP contribution in [0.2, 0.25) is 10.0 Å². The number of hydrogen-bond acceptors (Lipinski definition) is 3. The number of halogens is 2. The largest absolute Gasteiger partial charge is 0.381 e. The number of ether oxygens (including phenoxy) is 1. The molecule has 1 aromatic carbocycles. The first-order chi connectivity index (χ1) is 12.7. The van der Waals surface area contributed by atoms with E-state index in [9.17, 15) is 0 Å². The van der Waals surface area contributed by atoms with Crippen molar-refractivity contribution in [3.05, 3.63) is 52.8 Å². The Kier molecular flexibility index (Phi) is 6.41. The minimum Gasteiger partial charge on any atom is -0.381 e. The molecule has 4 nitrogen and oxygen atoms in total. The van der Waals surface area contributed by atoms with E-state index in [-0.39, 0.29) is 0 Å². The van der Waals surface area contributed by atoms with Crippen molar-refractivity contribution in [2.45, 2.75) is 26.8 Å². The predicted octanol–water partition coefficient (Wildman–Crippen LogP) is 6.15. The summed E-state index contributed by atoms with van der Waals surface area (Å²) in [4.78, 5) is 4.46. The van der Waals surface area contributed by atoms with Crippen LogP contribution in [-0.2, 0) is 11.3 Å². The molecule has 0 saturated carbocycles. The fourth-order valence-electron chi connectivity index (χ4n) is 2.93. The molecule has 1 aliphatic heterocycles. The number of rotatable bonds is 5. The van der Waals surface area contributed by atoms with Gasteiger partial charge >= 0.3 is 0 Å². The van der Waals surface area contributed by atoms with Crippen LogP contribution in [0.25, 0.3) is 10.9 Å². The lowest BCUT2D eigenvalue weighted by molar-refractivity contribution is -0.0370. The number of para-hydroxylation sites is 1. The highest BCUT2D eigenvalue weighted by Gasteiger charge is 2.18.